The van der Waals surface area contributed by atoms with Crippen molar-refractivity contribution in [3.8, 4) is 11.5 Å². The van der Waals surface area contributed by atoms with Crippen molar-refractivity contribution >= 4 is 11.6 Å². The van der Waals surface area contributed by atoms with Crippen molar-refractivity contribution in [2.24, 2.45) is 11.1 Å². The van der Waals surface area contributed by atoms with E-state index < -0.39 is 11.5 Å². The maximum absolute atomic E-state index is 10.7. The number of fused-ring (bicyclic) bond motifs is 1. The first-order chi connectivity index (χ1) is 9.66. The van der Waals surface area contributed by atoms with Crippen LogP contribution in [0.15, 0.2) is 12.1 Å². The molecule has 0 aliphatic carbocycles. The van der Waals surface area contributed by atoms with E-state index in [1.54, 1.807) is 12.1 Å². The number of rotatable bonds is 3. The van der Waals surface area contributed by atoms with Crippen molar-refractivity contribution < 1.29 is 19.3 Å². The Morgan fingerprint density at radius 2 is 2.10 bits per heavy atom. The van der Waals surface area contributed by atoms with Crippen LogP contribution >= 0.6 is 11.6 Å². The summed E-state index contributed by atoms with van der Waals surface area (Å²) < 4.78 is 16.4. The van der Waals surface area contributed by atoms with Gasteiger partial charge in [0.25, 0.3) is 0 Å². The standard InChI is InChI=1S/C14H18ClNO4/c15-10-5-9(6-11-12(10)20-4-3-19-11)13(17)14(7-16)1-2-18-8-14/h5-6,13,17H,1-4,7-8,16H2. The zero-order valence-corrected chi connectivity index (χ0v) is 11.9. The molecule has 0 aromatic heterocycles. The second-order valence-electron chi connectivity index (χ2n) is 5.30. The number of aliphatic hydroxyl groups excluding tert-OH is 1. The van der Waals surface area contributed by atoms with Gasteiger partial charge in [-0.2, -0.15) is 0 Å². The number of nitrogens with two attached hydrogens (primary N) is 1. The highest BCUT2D eigenvalue weighted by Crippen LogP contribution is 2.45. The molecular weight excluding hydrogens is 282 g/mol. The Labute approximate surface area is 122 Å². The molecule has 2 atom stereocenters. The second kappa shape index (κ2) is 5.41. The summed E-state index contributed by atoms with van der Waals surface area (Å²) in [7, 11) is 0. The second-order valence-corrected chi connectivity index (χ2v) is 5.71. The van der Waals surface area contributed by atoms with Gasteiger partial charge >= 0.3 is 0 Å². The van der Waals surface area contributed by atoms with Gasteiger partial charge in [-0.15, -0.1) is 0 Å². The van der Waals surface area contributed by atoms with Crippen LogP contribution in [0.1, 0.15) is 18.1 Å². The summed E-state index contributed by atoms with van der Waals surface area (Å²) in [5, 5.41) is 11.1. The van der Waals surface area contributed by atoms with Crippen LogP contribution in [0.25, 0.3) is 0 Å². The van der Waals surface area contributed by atoms with Crippen LogP contribution in [-0.2, 0) is 4.74 Å². The summed E-state index contributed by atoms with van der Waals surface area (Å²) >= 11 is 6.21. The molecule has 0 bridgehead atoms. The topological polar surface area (TPSA) is 73.9 Å². The summed E-state index contributed by atoms with van der Waals surface area (Å²) in [6.45, 7) is 2.40. The SMILES string of the molecule is NCC1(C(O)c2cc(Cl)c3c(c2)OCCO3)CCOC1. The van der Waals surface area contributed by atoms with Gasteiger partial charge in [0.05, 0.1) is 17.7 Å². The van der Waals surface area contributed by atoms with Crippen molar-refractivity contribution in [1.29, 1.82) is 0 Å². The Hall–Kier alpha value is -1.01. The fourth-order valence-corrected chi connectivity index (χ4v) is 3.03. The van der Waals surface area contributed by atoms with E-state index in [-0.39, 0.29) is 0 Å². The van der Waals surface area contributed by atoms with E-state index >= 15 is 0 Å². The highest BCUT2D eigenvalue weighted by molar-refractivity contribution is 6.32. The minimum Gasteiger partial charge on any atom is -0.486 e. The highest BCUT2D eigenvalue weighted by Gasteiger charge is 2.42. The van der Waals surface area contributed by atoms with Gasteiger partial charge in [-0.3, -0.25) is 0 Å². The van der Waals surface area contributed by atoms with Gasteiger partial charge < -0.3 is 25.1 Å². The van der Waals surface area contributed by atoms with E-state index in [1.165, 1.54) is 0 Å². The van der Waals surface area contributed by atoms with E-state index in [2.05, 4.69) is 0 Å². The van der Waals surface area contributed by atoms with Crippen molar-refractivity contribution in [2.75, 3.05) is 33.0 Å². The number of halogens is 1. The van der Waals surface area contributed by atoms with Crippen LogP contribution in [0.4, 0.5) is 0 Å². The van der Waals surface area contributed by atoms with Gasteiger partial charge in [0.1, 0.15) is 13.2 Å². The maximum atomic E-state index is 10.7. The number of aliphatic hydroxyl groups is 1. The summed E-state index contributed by atoms with van der Waals surface area (Å²) in [6.07, 6.45) is -0.000166. The molecule has 3 N–H and O–H groups in total. The lowest BCUT2D eigenvalue weighted by Gasteiger charge is -2.32. The van der Waals surface area contributed by atoms with Crippen LogP contribution < -0.4 is 15.2 Å². The summed E-state index contributed by atoms with van der Waals surface area (Å²) in [4.78, 5) is 0. The molecule has 110 valence electrons. The zero-order chi connectivity index (χ0) is 14.2. The molecule has 0 saturated carbocycles. The lowest BCUT2D eigenvalue weighted by molar-refractivity contribution is 0.0187. The maximum Gasteiger partial charge on any atom is 0.179 e. The van der Waals surface area contributed by atoms with Crippen LogP contribution in [0, 0.1) is 5.41 Å². The molecule has 20 heavy (non-hydrogen) atoms. The molecule has 2 unspecified atom stereocenters. The first-order valence-corrected chi connectivity index (χ1v) is 7.09. The Morgan fingerprint density at radius 1 is 1.30 bits per heavy atom. The number of hydrogen-bond acceptors (Lipinski definition) is 5. The van der Waals surface area contributed by atoms with Crippen molar-refractivity contribution in [1.82, 2.24) is 0 Å². The van der Waals surface area contributed by atoms with Crippen LogP contribution in [-0.4, -0.2) is 38.1 Å². The van der Waals surface area contributed by atoms with E-state index in [9.17, 15) is 5.11 Å². The number of ether oxygens (including phenoxy) is 3. The molecule has 1 aromatic rings. The third-order valence-electron chi connectivity index (χ3n) is 4.06. The molecule has 3 rings (SSSR count). The summed E-state index contributed by atoms with van der Waals surface area (Å²) in [6, 6.07) is 3.50. The molecule has 1 fully saturated rings. The van der Waals surface area contributed by atoms with E-state index in [4.69, 9.17) is 31.5 Å². The molecule has 1 saturated heterocycles. The minimum atomic E-state index is -0.733. The fourth-order valence-electron chi connectivity index (χ4n) is 2.75. The average Bonchev–Trinajstić information content (AvgIpc) is 2.96. The number of hydrogen-bond donors (Lipinski definition) is 2. The average molecular weight is 300 g/mol. The Morgan fingerprint density at radius 3 is 2.80 bits per heavy atom. The van der Waals surface area contributed by atoms with Crippen LogP contribution in [0.3, 0.4) is 0 Å². The predicted molar refractivity (Wildman–Crippen MR) is 74.3 cm³/mol. The molecule has 2 aliphatic heterocycles. The van der Waals surface area contributed by atoms with Gasteiger partial charge in [0.15, 0.2) is 11.5 Å². The van der Waals surface area contributed by atoms with E-state index in [0.717, 1.165) is 6.42 Å². The largest absolute Gasteiger partial charge is 0.486 e. The normalized spacial score (nSPS) is 26.6. The van der Waals surface area contributed by atoms with Gasteiger partial charge in [-0.25, -0.2) is 0 Å². The number of benzene rings is 1. The quantitative estimate of drug-likeness (QED) is 0.885. The van der Waals surface area contributed by atoms with E-state index in [0.29, 0.717) is 55.1 Å². The fraction of sp³-hybridized carbons (Fsp3) is 0.571. The molecule has 1 aromatic carbocycles. The third-order valence-corrected chi connectivity index (χ3v) is 4.34. The van der Waals surface area contributed by atoms with Gasteiger partial charge in [0.2, 0.25) is 0 Å². The molecule has 6 heteroatoms. The summed E-state index contributed by atoms with van der Waals surface area (Å²) in [5.41, 5.74) is 6.09. The van der Waals surface area contributed by atoms with Crippen molar-refractivity contribution in [3.63, 3.8) is 0 Å². The minimum absolute atomic E-state index is 0.361. The van der Waals surface area contributed by atoms with E-state index in [1.807, 2.05) is 0 Å². The highest BCUT2D eigenvalue weighted by atomic mass is 35.5. The van der Waals surface area contributed by atoms with Crippen LogP contribution in [0.5, 0.6) is 11.5 Å². The molecule has 0 radical (unpaired) electrons. The monoisotopic (exact) mass is 299 g/mol. The lowest BCUT2D eigenvalue weighted by Crippen LogP contribution is -2.37. The third kappa shape index (κ3) is 2.24. The van der Waals surface area contributed by atoms with Crippen molar-refractivity contribution in [2.45, 2.75) is 12.5 Å². The molecule has 2 heterocycles. The van der Waals surface area contributed by atoms with Gasteiger partial charge in [0, 0.05) is 18.6 Å². The Bertz CT molecular complexity index is 502. The smallest absolute Gasteiger partial charge is 0.179 e. The molecule has 0 spiro atoms. The van der Waals surface area contributed by atoms with Gasteiger partial charge in [-0.05, 0) is 24.1 Å². The zero-order valence-electron chi connectivity index (χ0n) is 11.1. The Balaban J connectivity index is 1.95. The molecule has 0 amide bonds. The predicted octanol–water partition coefficient (Wildman–Crippen LogP) is 1.51. The first kappa shape index (κ1) is 13.9. The summed E-state index contributed by atoms with van der Waals surface area (Å²) in [5.74, 6) is 1.11. The molecule has 2 aliphatic rings. The van der Waals surface area contributed by atoms with Crippen LogP contribution in [0.2, 0.25) is 5.02 Å². The van der Waals surface area contributed by atoms with Crippen molar-refractivity contribution in [3.05, 3.63) is 22.7 Å². The first-order valence-electron chi connectivity index (χ1n) is 6.71. The van der Waals surface area contributed by atoms with Gasteiger partial charge in [-0.1, -0.05) is 11.6 Å². The molecular formula is C14H18ClNO4. The molecule has 5 nitrogen and oxygen atoms in total. The lowest BCUT2D eigenvalue weighted by atomic mass is 9.78. The Kier molecular flexibility index (Phi) is 3.77.